The Kier molecular flexibility index (Phi) is 3.69. The predicted molar refractivity (Wildman–Crippen MR) is 70.8 cm³/mol. The minimum absolute atomic E-state index is 0.359. The molecule has 1 unspecified atom stereocenters. The van der Waals surface area contributed by atoms with Gasteiger partial charge in [-0.3, -0.25) is 0 Å². The number of hydrogen-bond acceptors (Lipinski definition) is 3. The van der Waals surface area contributed by atoms with Crippen LogP contribution in [0.1, 0.15) is 28.3 Å². The highest BCUT2D eigenvalue weighted by Gasteiger charge is 2.22. The second-order valence-corrected chi connectivity index (χ2v) is 4.79. The lowest BCUT2D eigenvalue weighted by Crippen LogP contribution is -2.43. The Morgan fingerprint density at radius 3 is 2.53 bits per heavy atom. The molecule has 2 N–H and O–H groups in total. The van der Waals surface area contributed by atoms with Crippen LogP contribution in [-0.2, 0) is 0 Å². The smallest absolute Gasteiger partial charge is 0.127 e. The number of hydrogen-bond donors (Lipinski definition) is 2. The van der Waals surface area contributed by atoms with Gasteiger partial charge in [-0.2, -0.15) is 0 Å². The first-order valence-corrected chi connectivity index (χ1v) is 6.24. The van der Waals surface area contributed by atoms with Gasteiger partial charge in [-0.05, 0) is 37.5 Å². The Morgan fingerprint density at radius 1 is 1.18 bits per heavy atom. The lowest BCUT2D eigenvalue weighted by atomic mass is 9.93. The fourth-order valence-electron chi connectivity index (χ4n) is 2.62. The molecule has 1 heterocycles. The second-order valence-electron chi connectivity index (χ2n) is 4.79. The summed E-state index contributed by atoms with van der Waals surface area (Å²) in [6.45, 7) is 9.47. The molecule has 0 aliphatic carbocycles. The molecule has 2 rings (SSSR count). The number of benzene rings is 1. The average Bonchev–Trinajstić information content (AvgIpc) is 2.34. The van der Waals surface area contributed by atoms with Crippen molar-refractivity contribution >= 4 is 0 Å². The van der Waals surface area contributed by atoms with Crippen molar-refractivity contribution in [2.24, 2.45) is 0 Å². The van der Waals surface area contributed by atoms with Gasteiger partial charge in [0.25, 0.3) is 0 Å². The Balaban J connectivity index is 2.47. The van der Waals surface area contributed by atoms with Crippen molar-refractivity contribution in [1.29, 1.82) is 0 Å². The summed E-state index contributed by atoms with van der Waals surface area (Å²) < 4.78 is 5.62. The van der Waals surface area contributed by atoms with E-state index in [2.05, 4.69) is 37.5 Å². The van der Waals surface area contributed by atoms with Crippen LogP contribution in [0.5, 0.6) is 5.75 Å². The summed E-state index contributed by atoms with van der Waals surface area (Å²) in [7, 11) is 1.76. The van der Waals surface area contributed by atoms with E-state index in [1.165, 1.54) is 22.3 Å². The predicted octanol–water partition coefficient (Wildman–Crippen LogP) is 1.85. The van der Waals surface area contributed by atoms with Crippen molar-refractivity contribution in [3.8, 4) is 5.75 Å². The van der Waals surface area contributed by atoms with Gasteiger partial charge in [0.2, 0.25) is 0 Å². The maximum Gasteiger partial charge on any atom is 0.127 e. The number of ether oxygens (including phenoxy) is 1. The van der Waals surface area contributed by atoms with Gasteiger partial charge in [-0.25, -0.2) is 0 Å². The van der Waals surface area contributed by atoms with E-state index in [9.17, 15) is 0 Å². The van der Waals surface area contributed by atoms with Crippen LogP contribution in [0.15, 0.2) is 6.07 Å². The Hall–Kier alpha value is -1.06. The van der Waals surface area contributed by atoms with E-state index >= 15 is 0 Å². The minimum Gasteiger partial charge on any atom is -0.496 e. The monoisotopic (exact) mass is 234 g/mol. The molecule has 0 spiro atoms. The van der Waals surface area contributed by atoms with Gasteiger partial charge in [0.15, 0.2) is 0 Å². The van der Waals surface area contributed by atoms with Crippen molar-refractivity contribution in [2.45, 2.75) is 26.8 Å². The normalized spacial score (nSPS) is 20.4. The lowest BCUT2D eigenvalue weighted by molar-refractivity contribution is 0.378. The SMILES string of the molecule is COc1c(C)c(C)cc(C)c1C1CNCCN1. The van der Waals surface area contributed by atoms with Crippen molar-refractivity contribution in [3.63, 3.8) is 0 Å². The molecule has 1 aromatic rings. The summed E-state index contributed by atoms with van der Waals surface area (Å²) in [6.07, 6.45) is 0. The zero-order valence-electron chi connectivity index (χ0n) is 11.2. The zero-order valence-corrected chi connectivity index (χ0v) is 11.2. The van der Waals surface area contributed by atoms with Gasteiger partial charge in [0.1, 0.15) is 5.75 Å². The van der Waals surface area contributed by atoms with E-state index in [1.807, 2.05) is 0 Å². The third-order valence-electron chi connectivity index (χ3n) is 3.63. The first-order chi connectivity index (χ1) is 8.15. The van der Waals surface area contributed by atoms with Gasteiger partial charge in [-0.15, -0.1) is 0 Å². The molecule has 1 aliphatic heterocycles. The van der Waals surface area contributed by atoms with Crippen molar-refractivity contribution in [1.82, 2.24) is 10.6 Å². The van der Waals surface area contributed by atoms with Crippen LogP contribution in [0.2, 0.25) is 0 Å². The van der Waals surface area contributed by atoms with Crippen LogP contribution in [0.4, 0.5) is 0 Å². The van der Waals surface area contributed by atoms with Crippen molar-refractivity contribution < 1.29 is 4.74 Å². The standard InChI is InChI=1S/C14H22N2O/c1-9-7-10(2)13(14(17-4)11(9)3)12-8-15-5-6-16-12/h7,12,15-16H,5-6,8H2,1-4H3. The molecule has 0 amide bonds. The molecule has 1 atom stereocenters. The fraction of sp³-hybridized carbons (Fsp3) is 0.571. The molecule has 17 heavy (non-hydrogen) atoms. The fourth-order valence-corrected chi connectivity index (χ4v) is 2.62. The molecular weight excluding hydrogens is 212 g/mol. The molecule has 0 saturated carbocycles. The van der Waals surface area contributed by atoms with E-state index in [0.717, 1.165) is 25.4 Å². The topological polar surface area (TPSA) is 33.3 Å². The summed E-state index contributed by atoms with van der Waals surface area (Å²) in [4.78, 5) is 0. The summed E-state index contributed by atoms with van der Waals surface area (Å²) in [5.41, 5.74) is 5.17. The molecule has 94 valence electrons. The van der Waals surface area contributed by atoms with Crippen LogP contribution in [0.25, 0.3) is 0 Å². The molecule has 1 fully saturated rings. The van der Waals surface area contributed by atoms with Gasteiger partial charge in [-0.1, -0.05) is 6.07 Å². The largest absolute Gasteiger partial charge is 0.496 e. The lowest BCUT2D eigenvalue weighted by Gasteiger charge is -2.28. The van der Waals surface area contributed by atoms with Crippen molar-refractivity contribution in [3.05, 3.63) is 28.3 Å². The van der Waals surface area contributed by atoms with Gasteiger partial charge in [0.05, 0.1) is 7.11 Å². The number of aryl methyl sites for hydroxylation is 2. The molecule has 3 heteroatoms. The summed E-state index contributed by atoms with van der Waals surface area (Å²) in [5, 5.41) is 6.98. The number of methoxy groups -OCH3 is 1. The van der Waals surface area contributed by atoms with Crippen LogP contribution < -0.4 is 15.4 Å². The first-order valence-electron chi connectivity index (χ1n) is 6.24. The highest BCUT2D eigenvalue weighted by molar-refractivity contribution is 5.51. The molecule has 1 saturated heterocycles. The van der Waals surface area contributed by atoms with E-state index < -0.39 is 0 Å². The van der Waals surface area contributed by atoms with E-state index in [1.54, 1.807) is 7.11 Å². The second kappa shape index (κ2) is 5.07. The average molecular weight is 234 g/mol. The summed E-state index contributed by atoms with van der Waals surface area (Å²) in [6, 6.07) is 2.61. The number of rotatable bonds is 2. The van der Waals surface area contributed by atoms with E-state index in [-0.39, 0.29) is 0 Å². The summed E-state index contributed by atoms with van der Waals surface area (Å²) in [5.74, 6) is 1.05. The maximum atomic E-state index is 5.62. The molecule has 0 bridgehead atoms. The summed E-state index contributed by atoms with van der Waals surface area (Å²) >= 11 is 0. The molecule has 3 nitrogen and oxygen atoms in total. The van der Waals surface area contributed by atoms with Crippen LogP contribution in [-0.4, -0.2) is 26.7 Å². The van der Waals surface area contributed by atoms with Crippen LogP contribution in [0, 0.1) is 20.8 Å². The van der Waals surface area contributed by atoms with E-state index in [0.29, 0.717) is 6.04 Å². The highest BCUT2D eigenvalue weighted by Crippen LogP contribution is 2.34. The van der Waals surface area contributed by atoms with Crippen LogP contribution in [0.3, 0.4) is 0 Å². The van der Waals surface area contributed by atoms with Gasteiger partial charge in [0, 0.05) is 31.2 Å². The van der Waals surface area contributed by atoms with E-state index in [4.69, 9.17) is 4.74 Å². The third kappa shape index (κ3) is 2.31. The Labute approximate surface area is 104 Å². The van der Waals surface area contributed by atoms with Gasteiger partial charge < -0.3 is 15.4 Å². The number of nitrogens with one attached hydrogen (secondary N) is 2. The zero-order chi connectivity index (χ0) is 12.4. The molecule has 1 aliphatic rings. The Morgan fingerprint density at radius 2 is 1.94 bits per heavy atom. The van der Waals surface area contributed by atoms with Crippen molar-refractivity contribution in [2.75, 3.05) is 26.7 Å². The number of piperazine rings is 1. The molecular formula is C14H22N2O. The quantitative estimate of drug-likeness (QED) is 0.819. The molecule has 0 aromatic heterocycles. The maximum absolute atomic E-state index is 5.62. The highest BCUT2D eigenvalue weighted by atomic mass is 16.5. The van der Waals surface area contributed by atoms with Crippen LogP contribution >= 0.6 is 0 Å². The van der Waals surface area contributed by atoms with Gasteiger partial charge >= 0.3 is 0 Å². The molecule has 0 radical (unpaired) electrons. The molecule has 1 aromatic carbocycles. The first kappa shape index (κ1) is 12.4. The minimum atomic E-state index is 0.359. The third-order valence-corrected chi connectivity index (χ3v) is 3.63. The Bertz CT molecular complexity index is 409.